The van der Waals surface area contributed by atoms with E-state index in [-0.39, 0.29) is 23.7 Å². The second-order valence-corrected chi connectivity index (χ2v) is 6.08. The predicted molar refractivity (Wildman–Crippen MR) is 84.2 cm³/mol. The molecule has 1 aromatic heterocycles. The van der Waals surface area contributed by atoms with E-state index in [2.05, 4.69) is 31.7 Å². The Labute approximate surface area is 135 Å². The number of para-hydroxylation sites is 1. The minimum absolute atomic E-state index is 0.150. The molecular weight excluding hydrogens is 350 g/mol. The highest BCUT2D eigenvalue weighted by molar-refractivity contribution is 9.10. The van der Waals surface area contributed by atoms with Crippen molar-refractivity contribution in [2.45, 2.75) is 13.3 Å². The van der Waals surface area contributed by atoms with Crippen molar-refractivity contribution < 1.29 is 14.1 Å². The molecule has 2 N–H and O–H groups in total. The van der Waals surface area contributed by atoms with Gasteiger partial charge in [-0.1, -0.05) is 17.3 Å². The summed E-state index contributed by atoms with van der Waals surface area (Å²) in [5.41, 5.74) is 0.700. The number of anilines is 2. The summed E-state index contributed by atoms with van der Waals surface area (Å²) in [5, 5.41) is 9.18. The summed E-state index contributed by atoms with van der Waals surface area (Å²) in [6.07, 6.45) is 0.541. The molecule has 2 amide bonds. The molecule has 1 aliphatic rings. The molecule has 0 saturated heterocycles. The van der Waals surface area contributed by atoms with Gasteiger partial charge in [-0.15, -0.1) is 0 Å². The van der Waals surface area contributed by atoms with Gasteiger partial charge >= 0.3 is 0 Å². The molecule has 7 heteroatoms. The lowest BCUT2D eigenvalue weighted by Crippen LogP contribution is -2.20. The molecule has 1 aliphatic carbocycles. The van der Waals surface area contributed by atoms with Crippen LogP contribution in [0.1, 0.15) is 12.2 Å². The largest absolute Gasteiger partial charge is 0.360 e. The minimum atomic E-state index is -0.320. The van der Waals surface area contributed by atoms with Crippen LogP contribution in [0.5, 0.6) is 0 Å². The van der Waals surface area contributed by atoms with E-state index in [0.717, 1.165) is 4.47 Å². The number of amides is 2. The van der Waals surface area contributed by atoms with Gasteiger partial charge in [0.15, 0.2) is 5.82 Å². The second-order valence-electron chi connectivity index (χ2n) is 5.23. The third kappa shape index (κ3) is 3.19. The Morgan fingerprint density at radius 3 is 2.55 bits per heavy atom. The first-order chi connectivity index (χ1) is 10.5. The Kier molecular flexibility index (Phi) is 3.98. The highest BCUT2D eigenvalue weighted by atomic mass is 79.9. The van der Waals surface area contributed by atoms with Gasteiger partial charge in [0.1, 0.15) is 5.76 Å². The monoisotopic (exact) mass is 363 g/mol. The number of hydrogen-bond donors (Lipinski definition) is 2. The van der Waals surface area contributed by atoms with E-state index in [1.54, 1.807) is 19.1 Å². The molecule has 1 fully saturated rings. The van der Waals surface area contributed by atoms with Gasteiger partial charge in [0.05, 0.1) is 17.5 Å². The number of nitrogens with zero attached hydrogens (tertiary/aromatic N) is 1. The highest BCUT2D eigenvalue weighted by Crippen LogP contribution is 2.40. The SMILES string of the molecule is Cc1cc(NC(=O)C2CC2C(=O)Nc2ccccc2Br)no1. The Balaban J connectivity index is 1.56. The smallest absolute Gasteiger partial charge is 0.229 e. The van der Waals surface area contributed by atoms with E-state index in [1.165, 1.54) is 0 Å². The number of aryl methyl sites for hydroxylation is 1. The van der Waals surface area contributed by atoms with E-state index in [0.29, 0.717) is 23.7 Å². The Morgan fingerprint density at radius 1 is 1.23 bits per heavy atom. The second kappa shape index (κ2) is 5.92. The van der Waals surface area contributed by atoms with Crippen LogP contribution in [0, 0.1) is 18.8 Å². The Bertz CT molecular complexity index is 728. The number of carbonyl (C=O) groups is 2. The topological polar surface area (TPSA) is 84.2 Å². The third-order valence-corrected chi connectivity index (χ3v) is 4.17. The first kappa shape index (κ1) is 14.8. The van der Waals surface area contributed by atoms with Crippen molar-refractivity contribution >= 4 is 39.2 Å². The van der Waals surface area contributed by atoms with E-state index in [1.807, 2.05) is 18.2 Å². The van der Waals surface area contributed by atoms with Crippen LogP contribution < -0.4 is 10.6 Å². The lowest BCUT2D eigenvalue weighted by molar-refractivity contribution is -0.122. The van der Waals surface area contributed by atoms with E-state index in [4.69, 9.17) is 4.52 Å². The lowest BCUT2D eigenvalue weighted by Gasteiger charge is -2.06. The number of carbonyl (C=O) groups excluding carboxylic acids is 2. The zero-order chi connectivity index (χ0) is 15.7. The van der Waals surface area contributed by atoms with Crippen LogP contribution in [-0.4, -0.2) is 17.0 Å². The number of benzene rings is 1. The molecular formula is C15H14BrN3O3. The molecule has 1 aromatic carbocycles. The maximum absolute atomic E-state index is 12.2. The van der Waals surface area contributed by atoms with Crippen molar-refractivity contribution in [2.24, 2.45) is 11.8 Å². The summed E-state index contributed by atoms with van der Waals surface area (Å²) in [4.78, 5) is 24.2. The Hall–Kier alpha value is -2.15. The fraction of sp³-hybridized carbons (Fsp3) is 0.267. The van der Waals surface area contributed by atoms with Gasteiger partial charge in [0, 0.05) is 10.5 Å². The number of hydrogen-bond acceptors (Lipinski definition) is 4. The van der Waals surface area contributed by atoms with Crippen LogP contribution in [0.25, 0.3) is 0 Å². The molecule has 3 rings (SSSR count). The van der Waals surface area contributed by atoms with Crippen molar-refractivity contribution in [2.75, 3.05) is 10.6 Å². The summed E-state index contributed by atoms with van der Waals surface area (Å²) in [5.74, 6) is 0.0113. The van der Waals surface area contributed by atoms with Crippen LogP contribution >= 0.6 is 15.9 Å². The molecule has 114 valence electrons. The zero-order valence-corrected chi connectivity index (χ0v) is 13.4. The summed E-state index contributed by atoms with van der Waals surface area (Å²) in [7, 11) is 0. The average Bonchev–Trinajstić information content (AvgIpc) is 3.19. The lowest BCUT2D eigenvalue weighted by atomic mass is 10.2. The molecule has 0 aliphatic heterocycles. The molecule has 22 heavy (non-hydrogen) atoms. The molecule has 1 saturated carbocycles. The maximum atomic E-state index is 12.2. The molecule has 2 unspecified atom stereocenters. The van der Waals surface area contributed by atoms with Crippen molar-refractivity contribution in [1.82, 2.24) is 5.16 Å². The van der Waals surface area contributed by atoms with Gasteiger partial charge in [-0.05, 0) is 41.4 Å². The van der Waals surface area contributed by atoms with E-state index in [9.17, 15) is 9.59 Å². The van der Waals surface area contributed by atoms with Gasteiger partial charge in [-0.3, -0.25) is 9.59 Å². The van der Waals surface area contributed by atoms with Gasteiger partial charge in [-0.25, -0.2) is 0 Å². The van der Waals surface area contributed by atoms with Crippen LogP contribution in [0.3, 0.4) is 0 Å². The highest BCUT2D eigenvalue weighted by Gasteiger charge is 2.48. The minimum Gasteiger partial charge on any atom is -0.360 e. The van der Waals surface area contributed by atoms with Crippen LogP contribution in [0.4, 0.5) is 11.5 Å². The maximum Gasteiger partial charge on any atom is 0.229 e. The van der Waals surface area contributed by atoms with Crippen molar-refractivity contribution in [3.63, 3.8) is 0 Å². The fourth-order valence-electron chi connectivity index (χ4n) is 2.21. The fourth-order valence-corrected chi connectivity index (χ4v) is 2.59. The molecule has 2 atom stereocenters. The predicted octanol–water partition coefficient (Wildman–Crippen LogP) is 2.96. The van der Waals surface area contributed by atoms with Gasteiger partial charge < -0.3 is 15.2 Å². The molecule has 0 bridgehead atoms. The van der Waals surface area contributed by atoms with Gasteiger partial charge in [0.2, 0.25) is 11.8 Å². The number of aromatic nitrogens is 1. The van der Waals surface area contributed by atoms with E-state index >= 15 is 0 Å². The van der Waals surface area contributed by atoms with E-state index < -0.39 is 0 Å². The summed E-state index contributed by atoms with van der Waals surface area (Å²) in [6, 6.07) is 8.99. The number of halogens is 1. The summed E-state index contributed by atoms with van der Waals surface area (Å²) in [6.45, 7) is 1.74. The quantitative estimate of drug-likeness (QED) is 0.874. The van der Waals surface area contributed by atoms with Crippen LogP contribution in [-0.2, 0) is 9.59 Å². The first-order valence-corrected chi connectivity index (χ1v) is 7.63. The molecule has 2 aromatic rings. The summed E-state index contributed by atoms with van der Waals surface area (Å²) >= 11 is 3.37. The molecule has 0 spiro atoms. The summed E-state index contributed by atoms with van der Waals surface area (Å²) < 4.78 is 5.69. The zero-order valence-electron chi connectivity index (χ0n) is 11.8. The van der Waals surface area contributed by atoms with Crippen molar-refractivity contribution in [3.8, 4) is 0 Å². The molecule has 1 heterocycles. The molecule has 6 nitrogen and oxygen atoms in total. The third-order valence-electron chi connectivity index (χ3n) is 3.47. The van der Waals surface area contributed by atoms with Gasteiger partial charge in [-0.2, -0.15) is 0 Å². The number of nitrogens with one attached hydrogen (secondary N) is 2. The van der Waals surface area contributed by atoms with Gasteiger partial charge in [0.25, 0.3) is 0 Å². The number of rotatable bonds is 4. The average molecular weight is 364 g/mol. The van der Waals surface area contributed by atoms with Crippen molar-refractivity contribution in [3.05, 3.63) is 40.6 Å². The normalized spacial score (nSPS) is 19.5. The van der Waals surface area contributed by atoms with Crippen LogP contribution in [0.15, 0.2) is 39.3 Å². The first-order valence-electron chi connectivity index (χ1n) is 6.84. The van der Waals surface area contributed by atoms with Crippen LogP contribution in [0.2, 0.25) is 0 Å². The standard InChI is InChI=1S/C15H14BrN3O3/c1-8-6-13(19-22-8)18-15(21)10-7-9(10)14(20)17-12-5-3-2-4-11(12)16/h2-6,9-10H,7H2,1H3,(H,17,20)(H,18,19,21). The molecule has 0 radical (unpaired) electrons. The van der Waals surface area contributed by atoms with Crippen molar-refractivity contribution in [1.29, 1.82) is 0 Å². The Morgan fingerprint density at radius 2 is 1.91 bits per heavy atom.